The van der Waals surface area contributed by atoms with Gasteiger partial charge in [0.2, 0.25) is 0 Å². The van der Waals surface area contributed by atoms with E-state index in [4.69, 9.17) is 14.7 Å². The molecular formula is C16H15NO2. The van der Waals surface area contributed by atoms with Crippen LogP contribution in [0.25, 0.3) is 0 Å². The summed E-state index contributed by atoms with van der Waals surface area (Å²) in [6.45, 7) is 4.01. The minimum Gasteiger partial charge on any atom is -0.497 e. The van der Waals surface area contributed by atoms with Gasteiger partial charge in [-0.1, -0.05) is 17.7 Å². The number of hydrogen-bond acceptors (Lipinski definition) is 3. The number of hydrogen-bond donors (Lipinski definition) is 0. The van der Waals surface area contributed by atoms with Crippen molar-refractivity contribution in [1.29, 1.82) is 5.26 Å². The lowest BCUT2D eigenvalue weighted by molar-refractivity contribution is 0.408. The van der Waals surface area contributed by atoms with Gasteiger partial charge < -0.3 is 9.47 Å². The monoisotopic (exact) mass is 253 g/mol. The first-order valence-corrected chi connectivity index (χ1v) is 5.97. The lowest BCUT2D eigenvalue weighted by Gasteiger charge is -2.11. The van der Waals surface area contributed by atoms with Crippen molar-refractivity contribution >= 4 is 0 Å². The third kappa shape index (κ3) is 2.86. The highest BCUT2D eigenvalue weighted by Crippen LogP contribution is 2.31. The highest BCUT2D eigenvalue weighted by Gasteiger charge is 2.08. The summed E-state index contributed by atoms with van der Waals surface area (Å²) in [4.78, 5) is 0. The van der Waals surface area contributed by atoms with Crippen LogP contribution in [0.3, 0.4) is 0 Å². The predicted octanol–water partition coefficient (Wildman–Crippen LogP) is 3.98. The van der Waals surface area contributed by atoms with Crippen molar-refractivity contribution in [2.45, 2.75) is 13.8 Å². The largest absolute Gasteiger partial charge is 0.497 e. The van der Waals surface area contributed by atoms with Gasteiger partial charge in [-0.3, -0.25) is 0 Å². The van der Waals surface area contributed by atoms with E-state index in [1.807, 2.05) is 32.0 Å². The van der Waals surface area contributed by atoms with Gasteiger partial charge in [0.05, 0.1) is 12.7 Å². The molecule has 0 aromatic heterocycles. The molecule has 0 N–H and O–H groups in total. The molecule has 2 aromatic rings. The Kier molecular flexibility index (Phi) is 3.72. The Morgan fingerprint density at radius 2 is 1.79 bits per heavy atom. The molecule has 0 saturated carbocycles. The molecule has 0 aliphatic rings. The van der Waals surface area contributed by atoms with Crippen molar-refractivity contribution in [2.75, 3.05) is 7.11 Å². The van der Waals surface area contributed by atoms with E-state index < -0.39 is 0 Å². The summed E-state index contributed by atoms with van der Waals surface area (Å²) in [5.74, 6) is 1.92. The molecule has 0 amide bonds. The van der Waals surface area contributed by atoms with E-state index in [0.717, 1.165) is 11.3 Å². The molecule has 0 aliphatic carbocycles. The molecule has 3 nitrogen and oxygen atoms in total. The maximum absolute atomic E-state index is 9.10. The minimum atomic E-state index is 0.487. The van der Waals surface area contributed by atoms with Gasteiger partial charge in [-0.25, -0.2) is 0 Å². The maximum Gasteiger partial charge on any atom is 0.148 e. The topological polar surface area (TPSA) is 42.2 Å². The van der Waals surface area contributed by atoms with E-state index in [2.05, 4.69) is 6.07 Å². The SMILES string of the molecule is COc1ccc(C#N)c(Oc2ccc(C)cc2C)c1. The van der Waals surface area contributed by atoms with E-state index in [-0.39, 0.29) is 0 Å². The van der Waals surface area contributed by atoms with Crippen LogP contribution in [0, 0.1) is 25.2 Å². The van der Waals surface area contributed by atoms with Crippen molar-refractivity contribution < 1.29 is 9.47 Å². The third-order valence-electron chi connectivity index (χ3n) is 2.86. The molecule has 0 fully saturated rings. The van der Waals surface area contributed by atoms with Crippen LogP contribution in [0.2, 0.25) is 0 Å². The fourth-order valence-electron chi connectivity index (χ4n) is 1.84. The standard InChI is InChI=1S/C16H15NO2/c1-11-4-7-15(12(2)8-11)19-16-9-14(18-3)6-5-13(16)10-17/h4-9H,1-3H3. The number of rotatable bonds is 3. The van der Waals surface area contributed by atoms with Crippen LogP contribution in [0.5, 0.6) is 17.2 Å². The van der Waals surface area contributed by atoms with Gasteiger partial charge in [0.1, 0.15) is 23.3 Å². The number of nitrogens with zero attached hydrogens (tertiary/aromatic N) is 1. The van der Waals surface area contributed by atoms with Crippen LogP contribution in [0.15, 0.2) is 36.4 Å². The molecular weight excluding hydrogens is 238 g/mol. The zero-order chi connectivity index (χ0) is 13.8. The zero-order valence-corrected chi connectivity index (χ0v) is 11.2. The van der Waals surface area contributed by atoms with E-state index >= 15 is 0 Å². The normalized spacial score (nSPS) is 9.79. The van der Waals surface area contributed by atoms with Crippen molar-refractivity contribution in [1.82, 2.24) is 0 Å². The van der Waals surface area contributed by atoms with Crippen molar-refractivity contribution in [3.8, 4) is 23.3 Å². The molecule has 0 saturated heterocycles. The number of methoxy groups -OCH3 is 1. The average molecular weight is 253 g/mol. The van der Waals surface area contributed by atoms with E-state index in [9.17, 15) is 0 Å². The molecule has 0 bridgehead atoms. The van der Waals surface area contributed by atoms with E-state index in [1.54, 1.807) is 25.3 Å². The van der Waals surface area contributed by atoms with Crippen LogP contribution in [0.4, 0.5) is 0 Å². The smallest absolute Gasteiger partial charge is 0.148 e. The molecule has 96 valence electrons. The van der Waals surface area contributed by atoms with Gasteiger partial charge >= 0.3 is 0 Å². The first-order chi connectivity index (χ1) is 9.13. The van der Waals surface area contributed by atoms with Crippen LogP contribution < -0.4 is 9.47 Å². The summed E-state index contributed by atoms with van der Waals surface area (Å²) >= 11 is 0. The number of nitriles is 1. The molecule has 0 radical (unpaired) electrons. The molecule has 0 spiro atoms. The minimum absolute atomic E-state index is 0.487. The highest BCUT2D eigenvalue weighted by molar-refractivity contribution is 5.50. The quantitative estimate of drug-likeness (QED) is 0.831. The van der Waals surface area contributed by atoms with Crippen molar-refractivity contribution in [2.24, 2.45) is 0 Å². The number of aryl methyl sites for hydroxylation is 2. The van der Waals surface area contributed by atoms with Gasteiger partial charge in [-0.05, 0) is 37.6 Å². The fraction of sp³-hybridized carbons (Fsp3) is 0.188. The van der Waals surface area contributed by atoms with Gasteiger partial charge in [-0.2, -0.15) is 5.26 Å². The molecule has 0 heterocycles. The third-order valence-corrected chi connectivity index (χ3v) is 2.86. The first-order valence-electron chi connectivity index (χ1n) is 5.97. The fourth-order valence-corrected chi connectivity index (χ4v) is 1.84. The lowest BCUT2D eigenvalue weighted by atomic mass is 10.1. The predicted molar refractivity (Wildman–Crippen MR) is 73.7 cm³/mol. The molecule has 2 rings (SSSR count). The van der Waals surface area contributed by atoms with Crippen molar-refractivity contribution in [3.63, 3.8) is 0 Å². The Labute approximate surface area is 113 Å². The molecule has 0 unspecified atom stereocenters. The van der Waals surface area contributed by atoms with Crippen LogP contribution >= 0.6 is 0 Å². The van der Waals surface area contributed by atoms with Gasteiger partial charge in [0.15, 0.2) is 0 Å². The van der Waals surface area contributed by atoms with Crippen LogP contribution in [-0.4, -0.2) is 7.11 Å². The maximum atomic E-state index is 9.10. The second kappa shape index (κ2) is 5.45. The summed E-state index contributed by atoms with van der Waals surface area (Å²) in [6, 6.07) is 13.2. The summed E-state index contributed by atoms with van der Waals surface area (Å²) in [6.07, 6.45) is 0. The van der Waals surface area contributed by atoms with E-state index in [0.29, 0.717) is 17.1 Å². The van der Waals surface area contributed by atoms with Crippen LogP contribution in [0.1, 0.15) is 16.7 Å². The van der Waals surface area contributed by atoms with Crippen molar-refractivity contribution in [3.05, 3.63) is 53.1 Å². The molecule has 2 aromatic carbocycles. The van der Waals surface area contributed by atoms with E-state index in [1.165, 1.54) is 5.56 Å². The molecule has 0 atom stereocenters. The highest BCUT2D eigenvalue weighted by atomic mass is 16.5. The first kappa shape index (κ1) is 13.0. The van der Waals surface area contributed by atoms with Gasteiger partial charge in [0.25, 0.3) is 0 Å². The Morgan fingerprint density at radius 3 is 2.42 bits per heavy atom. The number of benzene rings is 2. The molecule has 3 heteroatoms. The Balaban J connectivity index is 2.39. The Bertz CT molecular complexity index is 642. The lowest BCUT2D eigenvalue weighted by Crippen LogP contribution is -1.92. The second-order valence-corrected chi connectivity index (χ2v) is 4.34. The summed E-state index contributed by atoms with van der Waals surface area (Å²) in [7, 11) is 1.59. The molecule has 0 aliphatic heterocycles. The Morgan fingerprint density at radius 1 is 1.00 bits per heavy atom. The summed E-state index contributed by atoms with van der Waals surface area (Å²) in [5, 5.41) is 9.10. The van der Waals surface area contributed by atoms with Gasteiger partial charge in [-0.15, -0.1) is 0 Å². The summed E-state index contributed by atoms with van der Waals surface area (Å²) < 4.78 is 11.0. The Hall–Kier alpha value is -2.47. The average Bonchev–Trinajstić information content (AvgIpc) is 2.41. The zero-order valence-electron chi connectivity index (χ0n) is 11.2. The summed E-state index contributed by atoms with van der Waals surface area (Å²) in [5.41, 5.74) is 2.70. The second-order valence-electron chi connectivity index (χ2n) is 4.34. The number of ether oxygens (including phenoxy) is 2. The van der Waals surface area contributed by atoms with Crippen LogP contribution in [-0.2, 0) is 0 Å². The van der Waals surface area contributed by atoms with Gasteiger partial charge in [0, 0.05) is 6.07 Å². The molecule has 19 heavy (non-hydrogen) atoms.